The van der Waals surface area contributed by atoms with Gasteiger partial charge in [0, 0.05) is 30.3 Å². The van der Waals surface area contributed by atoms with Crippen molar-refractivity contribution < 1.29 is 4.79 Å². The van der Waals surface area contributed by atoms with Crippen LogP contribution in [0.3, 0.4) is 0 Å². The molecule has 2 aromatic heterocycles. The standard InChI is InChI=1S/C16H16ClN7O/c1-2-24-15-13(21-22-24)14(18-9-19-15)23-7-10(8-23)16(25)20-12-5-3-4-11(17)6-12/h3-6,9-10H,2,7-8H2,1H3,(H,20,25). The third kappa shape index (κ3) is 2.89. The minimum atomic E-state index is -0.106. The number of nitrogens with one attached hydrogen (secondary N) is 1. The lowest BCUT2D eigenvalue weighted by molar-refractivity contribution is -0.120. The van der Waals surface area contributed by atoms with Crippen LogP contribution in [-0.4, -0.2) is 44.0 Å². The number of carbonyl (C=O) groups is 1. The average Bonchev–Trinajstić information content (AvgIpc) is 2.97. The van der Waals surface area contributed by atoms with Gasteiger partial charge < -0.3 is 10.2 Å². The Bertz CT molecular complexity index is 935. The van der Waals surface area contributed by atoms with Crippen LogP contribution in [0, 0.1) is 5.92 Å². The van der Waals surface area contributed by atoms with Crippen molar-refractivity contribution in [3.8, 4) is 0 Å². The van der Waals surface area contributed by atoms with Gasteiger partial charge in [0.2, 0.25) is 5.91 Å². The van der Waals surface area contributed by atoms with Crippen LogP contribution >= 0.6 is 11.6 Å². The summed E-state index contributed by atoms with van der Waals surface area (Å²) in [5, 5.41) is 11.7. The smallest absolute Gasteiger partial charge is 0.231 e. The second kappa shape index (κ2) is 6.29. The van der Waals surface area contributed by atoms with E-state index in [-0.39, 0.29) is 11.8 Å². The van der Waals surface area contributed by atoms with Gasteiger partial charge in [-0.3, -0.25) is 4.79 Å². The molecule has 8 nitrogen and oxygen atoms in total. The molecule has 0 bridgehead atoms. The first-order chi connectivity index (χ1) is 12.2. The number of benzene rings is 1. The van der Waals surface area contributed by atoms with Gasteiger partial charge in [0.25, 0.3) is 0 Å². The van der Waals surface area contributed by atoms with E-state index in [1.807, 2.05) is 17.9 Å². The molecule has 0 spiro atoms. The number of aromatic nitrogens is 5. The highest BCUT2D eigenvalue weighted by molar-refractivity contribution is 6.30. The lowest BCUT2D eigenvalue weighted by Gasteiger charge is -2.38. The van der Waals surface area contributed by atoms with Gasteiger partial charge in [0.15, 0.2) is 17.0 Å². The molecular formula is C16H16ClN7O. The summed E-state index contributed by atoms with van der Waals surface area (Å²) in [5.74, 6) is 0.586. The molecule has 0 atom stereocenters. The zero-order valence-electron chi connectivity index (χ0n) is 13.6. The highest BCUT2D eigenvalue weighted by Crippen LogP contribution is 2.28. The molecule has 1 N–H and O–H groups in total. The van der Waals surface area contributed by atoms with Crippen molar-refractivity contribution in [2.45, 2.75) is 13.5 Å². The molecule has 1 fully saturated rings. The molecule has 0 aliphatic carbocycles. The third-order valence-electron chi connectivity index (χ3n) is 4.22. The molecule has 25 heavy (non-hydrogen) atoms. The maximum absolute atomic E-state index is 12.4. The normalized spacial score (nSPS) is 14.6. The Balaban J connectivity index is 1.45. The Morgan fingerprint density at radius 2 is 2.20 bits per heavy atom. The lowest BCUT2D eigenvalue weighted by Crippen LogP contribution is -2.52. The highest BCUT2D eigenvalue weighted by Gasteiger charge is 2.35. The topological polar surface area (TPSA) is 88.8 Å². The molecule has 9 heteroatoms. The van der Waals surface area contributed by atoms with Crippen LogP contribution in [0.2, 0.25) is 5.02 Å². The predicted octanol–water partition coefficient (Wildman–Crippen LogP) is 1.97. The summed E-state index contributed by atoms with van der Waals surface area (Å²) < 4.78 is 1.73. The maximum atomic E-state index is 12.4. The van der Waals surface area contributed by atoms with E-state index in [0.717, 1.165) is 5.82 Å². The number of aryl methyl sites for hydroxylation is 1. The molecule has 0 radical (unpaired) electrons. The van der Waals surface area contributed by atoms with Crippen LogP contribution < -0.4 is 10.2 Å². The number of hydrogen-bond acceptors (Lipinski definition) is 6. The number of fused-ring (bicyclic) bond motifs is 1. The Morgan fingerprint density at radius 1 is 1.36 bits per heavy atom. The van der Waals surface area contributed by atoms with E-state index in [1.165, 1.54) is 6.33 Å². The van der Waals surface area contributed by atoms with E-state index in [0.29, 0.717) is 41.5 Å². The first kappa shape index (κ1) is 15.8. The van der Waals surface area contributed by atoms with Crippen LogP contribution in [0.15, 0.2) is 30.6 Å². The quantitative estimate of drug-likeness (QED) is 0.768. The first-order valence-corrected chi connectivity index (χ1v) is 8.39. The van der Waals surface area contributed by atoms with Crippen molar-refractivity contribution in [3.05, 3.63) is 35.6 Å². The van der Waals surface area contributed by atoms with E-state index < -0.39 is 0 Å². The molecule has 3 aromatic rings. The summed E-state index contributed by atoms with van der Waals surface area (Å²) in [5.41, 5.74) is 2.07. The van der Waals surface area contributed by atoms with Crippen molar-refractivity contribution in [1.29, 1.82) is 0 Å². The summed E-state index contributed by atoms with van der Waals surface area (Å²) in [6, 6.07) is 7.12. The molecule has 0 saturated carbocycles. The monoisotopic (exact) mass is 357 g/mol. The van der Waals surface area contributed by atoms with Crippen molar-refractivity contribution in [2.24, 2.45) is 5.92 Å². The van der Waals surface area contributed by atoms with Gasteiger partial charge >= 0.3 is 0 Å². The molecule has 1 aromatic carbocycles. The maximum Gasteiger partial charge on any atom is 0.231 e. The van der Waals surface area contributed by atoms with E-state index >= 15 is 0 Å². The fourth-order valence-electron chi connectivity index (χ4n) is 2.85. The van der Waals surface area contributed by atoms with Gasteiger partial charge in [0.1, 0.15) is 6.33 Å². The fourth-order valence-corrected chi connectivity index (χ4v) is 3.04. The number of rotatable bonds is 4. The summed E-state index contributed by atoms with van der Waals surface area (Å²) >= 11 is 5.94. The Hall–Kier alpha value is -2.74. The number of nitrogens with zero attached hydrogens (tertiary/aromatic N) is 6. The molecule has 1 amide bonds. The SMILES string of the molecule is CCn1nnc2c(N3CC(C(=O)Nc4cccc(Cl)c4)C3)ncnc21. The van der Waals surface area contributed by atoms with Gasteiger partial charge in [-0.15, -0.1) is 5.10 Å². The van der Waals surface area contributed by atoms with E-state index in [4.69, 9.17) is 11.6 Å². The largest absolute Gasteiger partial charge is 0.353 e. The van der Waals surface area contributed by atoms with Crippen LogP contribution in [0.5, 0.6) is 0 Å². The minimum Gasteiger partial charge on any atom is -0.353 e. The van der Waals surface area contributed by atoms with Gasteiger partial charge in [0.05, 0.1) is 5.92 Å². The van der Waals surface area contributed by atoms with Crippen LogP contribution in [0.4, 0.5) is 11.5 Å². The number of anilines is 2. The van der Waals surface area contributed by atoms with Gasteiger partial charge in [-0.05, 0) is 25.1 Å². The first-order valence-electron chi connectivity index (χ1n) is 8.01. The summed E-state index contributed by atoms with van der Waals surface area (Å²) in [4.78, 5) is 22.9. The minimum absolute atomic E-state index is 0.0268. The van der Waals surface area contributed by atoms with Crippen molar-refractivity contribution in [3.63, 3.8) is 0 Å². The highest BCUT2D eigenvalue weighted by atomic mass is 35.5. The van der Waals surface area contributed by atoms with Crippen LogP contribution in [0.1, 0.15) is 6.92 Å². The van der Waals surface area contributed by atoms with E-state index in [2.05, 4.69) is 25.6 Å². The van der Waals surface area contributed by atoms with Gasteiger partial charge in [-0.25, -0.2) is 14.6 Å². The molecule has 128 valence electrons. The Morgan fingerprint density at radius 3 is 2.96 bits per heavy atom. The lowest BCUT2D eigenvalue weighted by atomic mass is 9.99. The molecule has 0 unspecified atom stereocenters. The van der Waals surface area contributed by atoms with Crippen molar-refractivity contribution in [2.75, 3.05) is 23.3 Å². The average molecular weight is 358 g/mol. The van der Waals surface area contributed by atoms with Crippen molar-refractivity contribution in [1.82, 2.24) is 25.0 Å². The number of carbonyl (C=O) groups excluding carboxylic acids is 1. The molecule has 1 aliphatic heterocycles. The third-order valence-corrected chi connectivity index (χ3v) is 4.46. The molecule has 1 aliphatic rings. The zero-order valence-corrected chi connectivity index (χ0v) is 14.3. The summed E-state index contributed by atoms with van der Waals surface area (Å²) in [6.07, 6.45) is 1.51. The number of halogens is 1. The van der Waals surface area contributed by atoms with Crippen LogP contribution in [-0.2, 0) is 11.3 Å². The summed E-state index contributed by atoms with van der Waals surface area (Å²) in [7, 11) is 0. The van der Waals surface area contributed by atoms with Crippen LogP contribution in [0.25, 0.3) is 11.2 Å². The molecular weight excluding hydrogens is 342 g/mol. The molecule has 1 saturated heterocycles. The number of hydrogen-bond donors (Lipinski definition) is 1. The second-order valence-electron chi connectivity index (χ2n) is 5.88. The van der Waals surface area contributed by atoms with Crippen molar-refractivity contribution >= 4 is 40.2 Å². The van der Waals surface area contributed by atoms with Gasteiger partial charge in [-0.1, -0.05) is 22.9 Å². The Kier molecular flexibility index (Phi) is 3.96. The zero-order chi connectivity index (χ0) is 17.4. The van der Waals surface area contributed by atoms with E-state index in [1.54, 1.807) is 22.9 Å². The van der Waals surface area contributed by atoms with E-state index in [9.17, 15) is 4.79 Å². The summed E-state index contributed by atoms with van der Waals surface area (Å²) in [6.45, 7) is 3.84. The molecule has 4 rings (SSSR count). The molecule has 3 heterocycles. The fraction of sp³-hybridized carbons (Fsp3) is 0.312. The number of amides is 1. The predicted molar refractivity (Wildman–Crippen MR) is 94.6 cm³/mol. The second-order valence-corrected chi connectivity index (χ2v) is 6.31. The Labute approximate surface area is 148 Å². The van der Waals surface area contributed by atoms with Gasteiger partial charge in [-0.2, -0.15) is 0 Å².